The monoisotopic (exact) mass is 150 g/mol. The molecular formula is C9H14N2. The predicted octanol–water partition coefficient (Wildman–Crippen LogP) is 2.02. The van der Waals surface area contributed by atoms with Crippen molar-refractivity contribution in [2.45, 2.75) is 20.3 Å². The molecule has 1 aromatic heterocycles. The van der Waals surface area contributed by atoms with Gasteiger partial charge in [-0.05, 0) is 12.5 Å². The molecule has 1 aromatic rings. The average Bonchev–Trinajstić information content (AvgIpc) is 2.31. The maximum absolute atomic E-state index is 4.39. The van der Waals surface area contributed by atoms with Crippen molar-refractivity contribution in [3.8, 4) is 0 Å². The first-order valence-corrected chi connectivity index (χ1v) is 3.83. The van der Waals surface area contributed by atoms with E-state index in [1.54, 1.807) is 0 Å². The summed E-state index contributed by atoms with van der Waals surface area (Å²) in [5.41, 5.74) is 2.03. The molecule has 0 spiro atoms. The molecule has 0 N–H and O–H groups in total. The molecular weight excluding hydrogens is 136 g/mol. The van der Waals surface area contributed by atoms with Gasteiger partial charge in [0.25, 0.3) is 0 Å². The van der Waals surface area contributed by atoms with Crippen LogP contribution in [-0.2, 0) is 13.5 Å². The molecule has 60 valence electrons. The summed E-state index contributed by atoms with van der Waals surface area (Å²) >= 11 is 0. The van der Waals surface area contributed by atoms with Crippen molar-refractivity contribution >= 4 is 5.57 Å². The van der Waals surface area contributed by atoms with Crippen LogP contribution in [0.2, 0.25) is 0 Å². The molecule has 2 heteroatoms. The molecule has 0 unspecified atom stereocenters. The summed E-state index contributed by atoms with van der Waals surface area (Å²) in [6.07, 6.45) is 2.99. The van der Waals surface area contributed by atoms with Gasteiger partial charge in [-0.1, -0.05) is 13.5 Å². The van der Waals surface area contributed by atoms with Crippen molar-refractivity contribution < 1.29 is 0 Å². The smallest absolute Gasteiger partial charge is 0.108 e. The van der Waals surface area contributed by atoms with Gasteiger partial charge in [-0.15, -0.1) is 0 Å². The van der Waals surface area contributed by atoms with E-state index in [-0.39, 0.29) is 0 Å². The second kappa shape index (κ2) is 2.91. The number of imidazole rings is 1. The van der Waals surface area contributed by atoms with Gasteiger partial charge in [-0.25, -0.2) is 4.98 Å². The van der Waals surface area contributed by atoms with Gasteiger partial charge in [0.1, 0.15) is 5.82 Å². The molecule has 0 saturated carbocycles. The van der Waals surface area contributed by atoms with Gasteiger partial charge in [0.05, 0.1) is 5.69 Å². The van der Waals surface area contributed by atoms with Crippen molar-refractivity contribution in [3.05, 3.63) is 24.3 Å². The van der Waals surface area contributed by atoms with Crippen LogP contribution in [0.4, 0.5) is 0 Å². The number of aromatic nitrogens is 2. The van der Waals surface area contributed by atoms with Crippen LogP contribution in [-0.4, -0.2) is 9.55 Å². The summed E-state index contributed by atoms with van der Waals surface area (Å²) < 4.78 is 2.05. The zero-order valence-electron chi connectivity index (χ0n) is 7.39. The Morgan fingerprint density at radius 1 is 1.73 bits per heavy atom. The zero-order valence-corrected chi connectivity index (χ0v) is 7.39. The number of rotatable bonds is 2. The molecule has 0 amide bonds. The van der Waals surface area contributed by atoms with Gasteiger partial charge < -0.3 is 4.57 Å². The summed E-state index contributed by atoms with van der Waals surface area (Å²) in [4.78, 5) is 4.39. The van der Waals surface area contributed by atoms with E-state index in [9.17, 15) is 0 Å². The lowest BCUT2D eigenvalue weighted by Crippen LogP contribution is -1.93. The number of aryl methyl sites for hydroxylation is 2. The van der Waals surface area contributed by atoms with Crippen LogP contribution in [0.1, 0.15) is 25.4 Å². The number of allylic oxidation sites excluding steroid dienone is 1. The Balaban J connectivity index is 3.05. The fourth-order valence-electron chi connectivity index (χ4n) is 1.04. The molecule has 0 bridgehead atoms. The molecule has 0 aromatic carbocycles. The highest BCUT2D eigenvalue weighted by molar-refractivity contribution is 5.57. The van der Waals surface area contributed by atoms with Crippen LogP contribution >= 0.6 is 0 Å². The van der Waals surface area contributed by atoms with E-state index < -0.39 is 0 Å². The van der Waals surface area contributed by atoms with Crippen molar-refractivity contribution in [2.75, 3.05) is 0 Å². The largest absolute Gasteiger partial charge is 0.337 e. The Labute approximate surface area is 67.6 Å². The lowest BCUT2D eigenvalue weighted by atomic mass is 10.3. The normalized spacial score (nSPS) is 10.1. The van der Waals surface area contributed by atoms with Gasteiger partial charge >= 0.3 is 0 Å². The maximum Gasteiger partial charge on any atom is 0.108 e. The molecule has 11 heavy (non-hydrogen) atoms. The Morgan fingerprint density at radius 2 is 2.36 bits per heavy atom. The molecule has 1 rings (SSSR count). The second-order valence-electron chi connectivity index (χ2n) is 2.79. The van der Waals surface area contributed by atoms with E-state index in [0.29, 0.717) is 0 Å². The van der Waals surface area contributed by atoms with Crippen LogP contribution < -0.4 is 0 Å². The summed E-state index contributed by atoms with van der Waals surface area (Å²) in [5, 5.41) is 0. The van der Waals surface area contributed by atoms with Crippen LogP contribution in [0.3, 0.4) is 0 Å². The summed E-state index contributed by atoms with van der Waals surface area (Å²) in [5.74, 6) is 1.11. The maximum atomic E-state index is 4.39. The minimum absolute atomic E-state index is 0.976. The Bertz CT molecular complexity index is 271. The van der Waals surface area contributed by atoms with Crippen LogP contribution in [0, 0.1) is 0 Å². The molecule has 0 fully saturated rings. The summed E-state index contributed by atoms with van der Waals surface area (Å²) in [7, 11) is 2.01. The second-order valence-corrected chi connectivity index (χ2v) is 2.79. The van der Waals surface area contributed by atoms with E-state index >= 15 is 0 Å². The minimum Gasteiger partial charge on any atom is -0.337 e. The molecule has 0 aliphatic rings. The van der Waals surface area contributed by atoms with Gasteiger partial charge in [0, 0.05) is 19.7 Å². The summed E-state index contributed by atoms with van der Waals surface area (Å²) in [6, 6.07) is 0. The average molecular weight is 150 g/mol. The Hall–Kier alpha value is -1.05. The minimum atomic E-state index is 0.976. The molecule has 0 atom stereocenters. The molecule has 1 heterocycles. The Kier molecular flexibility index (Phi) is 2.13. The van der Waals surface area contributed by atoms with Gasteiger partial charge in [0.2, 0.25) is 0 Å². The highest BCUT2D eigenvalue weighted by Gasteiger charge is 2.02. The number of nitrogens with zero attached hydrogens (tertiary/aromatic N) is 2. The highest BCUT2D eigenvalue weighted by atomic mass is 15.0. The topological polar surface area (TPSA) is 17.8 Å². The SMILES string of the molecule is C=C(C)c1cn(C)c(CC)n1. The number of hydrogen-bond donors (Lipinski definition) is 0. The lowest BCUT2D eigenvalue weighted by molar-refractivity contribution is 0.808. The van der Waals surface area contributed by atoms with E-state index in [1.165, 1.54) is 0 Å². The van der Waals surface area contributed by atoms with Crippen LogP contribution in [0.5, 0.6) is 0 Å². The van der Waals surface area contributed by atoms with Crippen molar-refractivity contribution in [2.24, 2.45) is 7.05 Å². The Morgan fingerprint density at radius 3 is 2.64 bits per heavy atom. The van der Waals surface area contributed by atoms with Crippen molar-refractivity contribution in [1.29, 1.82) is 0 Å². The first kappa shape index (κ1) is 8.05. The predicted molar refractivity (Wildman–Crippen MR) is 47.3 cm³/mol. The third kappa shape index (κ3) is 1.50. The van der Waals surface area contributed by atoms with Crippen molar-refractivity contribution in [1.82, 2.24) is 9.55 Å². The van der Waals surface area contributed by atoms with E-state index in [4.69, 9.17) is 0 Å². The van der Waals surface area contributed by atoms with Crippen molar-refractivity contribution in [3.63, 3.8) is 0 Å². The third-order valence-corrected chi connectivity index (χ3v) is 1.73. The zero-order chi connectivity index (χ0) is 8.43. The van der Waals surface area contributed by atoms with Gasteiger partial charge in [-0.3, -0.25) is 0 Å². The lowest BCUT2D eigenvalue weighted by Gasteiger charge is -1.92. The third-order valence-electron chi connectivity index (χ3n) is 1.73. The van der Waals surface area contributed by atoms with E-state index in [0.717, 1.165) is 23.5 Å². The fraction of sp³-hybridized carbons (Fsp3) is 0.444. The standard InChI is InChI=1S/C9H14N2/c1-5-9-10-8(7(2)3)6-11(9)4/h6H,2,5H2,1,3-4H3. The molecule has 0 aliphatic heterocycles. The molecule has 2 nitrogen and oxygen atoms in total. The van der Waals surface area contributed by atoms with Gasteiger partial charge in [-0.2, -0.15) is 0 Å². The van der Waals surface area contributed by atoms with Gasteiger partial charge in [0.15, 0.2) is 0 Å². The highest BCUT2D eigenvalue weighted by Crippen LogP contribution is 2.10. The van der Waals surface area contributed by atoms with E-state index in [2.05, 4.69) is 18.5 Å². The first-order valence-electron chi connectivity index (χ1n) is 3.83. The first-order chi connectivity index (χ1) is 5.15. The fourth-order valence-corrected chi connectivity index (χ4v) is 1.04. The quantitative estimate of drug-likeness (QED) is 0.630. The molecule has 0 radical (unpaired) electrons. The number of hydrogen-bond acceptors (Lipinski definition) is 1. The van der Waals surface area contributed by atoms with Crippen LogP contribution in [0.15, 0.2) is 12.8 Å². The van der Waals surface area contributed by atoms with E-state index in [1.807, 2.05) is 24.7 Å². The van der Waals surface area contributed by atoms with Crippen LogP contribution in [0.25, 0.3) is 5.57 Å². The molecule has 0 aliphatic carbocycles. The summed E-state index contributed by atoms with van der Waals surface area (Å²) in [6.45, 7) is 7.91. The molecule has 0 saturated heterocycles.